The van der Waals surface area contributed by atoms with Crippen molar-refractivity contribution in [1.82, 2.24) is 0 Å². The zero-order valence-electron chi connectivity index (χ0n) is 13.8. The number of benzene rings is 1. The Bertz CT molecular complexity index is 667. The lowest BCUT2D eigenvalue weighted by atomic mass is 9.82. The molecule has 1 aromatic carbocycles. The summed E-state index contributed by atoms with van der Waals surface area (Å²) in [6.07, 6.45) is 4.40. The summed E-state index contributed by atoms with van der Waals surface area (Å²) < 4.78 is 0. The van der Waals surface area contributed by atoms with Gasteiger partial charge in [0.1, 0.15) is 0 Å². The summed E-state index contributed by atoms with van der Waals surface area (Å²) in [5, 5.41) is 14.8. The van der Waals surface area contributed by atoms with Gasteiger partial charge >= 0.3 is 5.97 Å². The molecular weight excluding hydrogens is 308 g/mol. The van der Waals surface area contributed by atoms with Crippen LogP contribution in [0.15, 0.2) is 36.4 Å². The maximum absolute atomic E-state index is 12.4. The van der Waals surface area contributed by atoms with Crippen LogP contribution in [0.25, 0.3) is 0 Å². The van der Waals surface area contributed by atoms with Gasteiger partial charge in [-0.05, 0) is 31.0 Å². The van der Waals surface area contributed by atoms with Gasteiger partial charge in [-0.1, -0.05) is 32.1 Å². The van der Waals surface area contributed by atoms with E-state index in [0.29, 0.717) is 24.2 Å². The minimum Gasteiger partial charge on any atom is -0.481 e. The van der Waals surface area contributed by atoms with Gasteiger partial charge in [0.15, 0.2) is 0 Å². The van der Waals surface area contributed by atoms with Crippen LogP contribution >= 0.6 is 0 Å². The van der Waals surface area contributed by atoms with Crippen molar-refractivity contribution >= 4 is 29.2 Å². The van der Waals surface area contributed by atoms with Crippen molar-refractivity contribution in [2.75, 3.05) is 10.6 Å². The molecule has 0 spiro atoms. The van der Waals surface area contributed by atoms with Gasteiger partial charge in [-0.2, -0.15) is 0 Å². The van der Waals surface area contributed by atoms with E-state index in [4.69, 9.17) is 0 Å². The Morgan fingerprint density at radius 3 is 2.21 bits per heavy atom. The maximum atomic E-state index is 12.4. The molecule has 1 aliphatic rings. The van der Waals surface area contributed by atoms with Gasteiger partial charge in [0.05, 0.1) is 11.8 Å². The number of hydrogen-bond acceptors (Lipinski definition) is 3. The second-order valence-corrected chi connectivity index (χ2v) is 6.21. The molecule has 6 nitrogen and oxygen atoms in total. The van der Waals surface area contributed by atoms with Crippen molar-refractivity contribution in [3.05, 3.63) is 36.4 Å². The van der Waals surface area contributed by atoms with Crippen LogP contribution in [0.2, 0.25) is 0 Å². The lowest BCUT2D eigenvalue weighted by Gasteiger charge is -2.24. The van der Waals surface area contributed by atoms with Crippen LogP contribution in [0.1, 0.15) is 26.7 Å². The third kappa shape index (κ3) is 4.44. The molecule has 0 aromatic heterocycles. The fourth-order valence-corrected chi connectivity index (χ4v) is 2.57. The monoisotopic (exact) mass is 330 g/mol. The number of rotatable bonds is 5. The summed E-state index contributed by atoms with van der Waals surface area (Å²) >= 11 is 0. The number of nitrogens with one attached hydrogen (secondary N) is 2. The highest BCUT2D eigenvalue weighted by atomic mass is 16.4. The molecule has 6 heteroatoms. The van der Waals surface area contributed by atoms with Crippen LogP contribution in [0.5, 0.6) is 0 Å². The van der Waals surface area contributed by atoms with Crippen LogP contribution < -0.4 is 10.6 Å². The fraction of sp³-hybridized carbons (Fsp3) is 0.389. The van der Waals surface area contributed by atoms with Crippen molar-refractivity contribution in [2.45, 2.75) is 26.7 Å². The molecule has 3 N–H and O–H groups in total. The average Bonchev–Trinajstić information content (AvgIpc) is 2.55. The number of carbonyl (C=O) groups is 3. The first-order valence-corrected chi connectivity index (χ1v) is 7.98. The first kappa shape index (κ1) is 17.7. The van der Waals surface area contributed by atoms with E-state index in [1.165, 1.54) is 0 Å². The molecule has 0 heterocycles. The van der Waals surface area contributed by atoms with Crippen molar-refractivity contribution < 1.29 is 19.5 Å². The van der Waals surface area contributed by atoms with Gasteiger partial charge in [-0.15, -0.1) is 0 Å². The van der Waals surface area contributed by atoms with Gasteiger partial charge < -0.3 is 15.7 Å². The van der Waals surface area contributed by atoms with E-state index in [1.54, 1.807) is 44.2 Å². The highest BCUT2D eigenvalue weighted by Gasteiger charge is 2.33. The summed E-state index contributed by atoms with van der Waals surface area (Å²) in [5.41, 5.74) is 1.12. The molecule has 1 aromatic rings. The van der Waals surface area contributed by atoms with Gasteiger partial charge in [-0.25, -0.2) is 0 Å². The largest absolute Gasteiger partial charge is 0.481 e. The zero-order chi connectivity index (χ0) is 17.7. The van der Waals surface area contributed by atoms with Gasteiger partial charge in [-0.3, -0.25) is 14.4 Å². The topological polar surface area (TPSA) is 95.5 Å². The number of aliphatic carboxylic acids is 1. The van der Waals surface area contributed by atoms with Crippen LogP contribution in [0.3, 0.4) is 0 Å². The number of hydrogen-bond donors (Lipinski definition) is 3. The Labute approximate surface area is 140 Å². The Morgan fingerprint density at radius 2 is 1.62 bits per heavy atom. The predicted octanol–water partition coefficient (Wildman–Crippen LogP) is 2.89. The summed E-state index contributed by atoms with van der Waals surface area (Å²) in [4.78, 5) is 35.5. The molecule has 24 heavy (non-hydrogen) atoms. The third-order valence-corrected chi connectivity index (χ3v) is 4.01. The SMILES string of the molecule is CC(C)C(=O)Nc1cccc(NC(=O)[C@@H]2CC=CC[C@H]2C(=O)O)c1. The number of amides is 2. The van der Waals surface area contributed by atoms with E-state index < -0.39 is 17.8 Å². The lowest BCUT2D eigenvalue weighted by molar-refractivity contribution is -0.146. The summed E-state index contributed by atoms with van der Waals surface area (Å²) in [7, 11) is 0. The molecule has 0 bridgehead atoms. The molecule has 2 atom stereocenters. The normalized spacial score (nSPS) is 19.8. The molecule has 0 aliphatic heterocycles. The highest BCUT2D eigenvalue weighted by Crippen LogP contribution is 2.27. The molecule has 0 fully saturated rings. The Morgan fingerprint density at radius 1 is 1.04 bits per heavy atom. The highest BCUT2D eigenvalue weighted by molar-refractivity contribution is 5.97. The van der Waals surface area contributed by atoms with E-state index in [-0.39, 0.29) is 17.7 Å². The van der Waals surface area contributed by atoms with E-state index in [1.807, 2.05) is 6.08 Å². The van der Waals surface area contributed by atoms with Crippen molar-refractivity contribution in [1.29, 1.82) is 0 Å². The van der Waals surface area contributed by atoms with E-state index in [0.717, 1.165) is 0 Å². The quantitative estimate of drug-likeness (QED) is 0.723. The first-order chi connectivity index (χ1) is 11.4. The molecular formula is C18H22N2O4. The smallest absolute Gasteiger partial charge is 0.307 e. The maximum Gasteiger partial charge on any atom is 0.307 e. The Hall–Kier alpha value is -2.63. The van der Waals surface area contributed by atoms with Crippen LogP contribution in [0, 0.1) is 17.8 Å². The molecule has 2 rings (SSSR count). The van der Waals surface area contributed by atoms with Crippen molar-refractivity contribution in [2.24, 2.45) is 17.8 Å². The molecule has 0 radical (unpaired) electrons. The minimum absolute atomic E-state index is 0.109. The number of carboxylic acid groups (broad SMARTS) is 1. The van der Waals surface area contributed by atoms with Crippen LogP contribution in [0.4, 0.5) is 11.4 Å². The molecule has 2 amide bonds. The number of carbonyl (C=O) groups excluding carboxylic acids is 2. The zero-order valence-corrected chi connectivity index (χ0v) is 13.8. The van der Waals surface area contributed by atoms with Crippen molar-refractivity contribution in [3.63, 3.8) is 0 Å². The fourth-order valence-electron chi connectivity index (χ4n) is 2.57. The minimum atomic E-state index is -0.961. The van der Waals surface area contributed by atoms with Gasteiger partial charge in [0.2, 0.25) is 11.8 Å². The molecule has 0 unspecified atom stereocenters. The second-order valence-electron chi connectivity index (χ2n) is 6.21. The summed E-state index contributed by atoms with van der Waals surface area (Å²) in [5.74, 6) is -2.84. The number of allylic oxidation sites excluding steroid dienone is 2. The average molecular weight is 330 g/mol. The van der Waals surface area contributed by atoms with Gasteiger partial charge in [0, 0.05) is 17.3 Å². The second kappa shape index (κ2) is 7.77. The van der Waals surface area contributed by atoms with Gasteiger partial charge in [0.25, 0.3) is 0 Å². The first-order valence-electron chi connectivity index (χ1n) is 7.98. The third-order valence-electron chi connectivity index (χ3n) is 4.01. The standard InChI is InChI=1S/C18H22N2O4/c1-11(2)16(21)19-12-6-5-7-13(10-12)20-17(22)14-8-3-4-9-15(14)18(23)24/h3-7,10-11,14-15H,8-9H2,1-2H3,(H,19,21)(H,20,22)(H,23,24)/t14-,15-/m1/s1. The summed E-state index contributed by atoms with van der Waals surface area (Å²) in [6.45, 7) is 3.59. The lowest BCUT2D eigenvalue weighted by Crippen LogP contribution is -2.34. The van der Waals surface area contributed by atoms with Crippen LogP contribution in [-0.4, -0.2) is 22.9 Å². The Balaban J connectivity index is 2.07. The molecule has 1 aliphatic carbocycles. The molecule has 0 saturated carbocycles. The number of carboxylic acids is 1. The molecule has 128 valence electrons. The van der Waals surface area contributed by atoms with E-state index in [2.05, 4.69) is 10.6 Å². The Kier molecular flexibility index (Phi) is 5.73. The van der Waals surface area contributed by atoms with Crippen molar-refractivity contribution in [3.8, 4) is 0 Å². The molecule has 0 saturated heterocycles. The van der Waals surface area contributed by atoms with E-state index in [9.17, 15) is 19.5 Å². The van der Waals surface area contributed by atoms with Crippen LogP contribution in [-0.2, 0) is 14.4 Å². The predicted molar refractivity (Wildman–Crippen MR) is 91.5 cm³/mol. The number of anilines is 2. The van der Waals surface area contributed by atoms with E-state index >= 15 is 0 Å². The summed E-state index contributed by atoms with van der Waals surface area (Å²) in [6, 6.07) is 6.82.